The molecule has 1 aliphatic heterocycles. The fourth-order valence-corrected chi connectivity index (χ4v) is 3.77. The maximum atomic E-state index is 3.62. The average molecular weight is 364 g/mol. The molecule has 2 N–H and O–H groups in total. The minimum absolute atomic E-state index is 0.521. The Labute approximate surface area is 141 Å². The Bertz CT molecular complexity index is 614. The molecule has 120 valence electrons. The van der Waals surface area contributed by atoms with Crippen LogP contribution in [0.5, 0.6) is 0 Å². The Hall–Kier alpha value is -0.840. The van der Waals surface area contributed by atoms with Gasteiger partial charge >= 0.3 is 0 Å². The maximum absolute atomic E-state index is 3.62. The van der Waals surface area contributed by atoms with Crippen LogP contribution in [0.2, 0.25) is 0 Å². The number of aromatic amines is 1. The van der Waals surface area contributed by atoms with Crippen molar-refractivity contribution in [2.45, 2.75) is 32.7 Å². The smallest absolute Gasteiger partial charge is 0.0458 e. The molecule has 3 rings (SSSR count). The number of nitrogens with zero attached hydrogens (tertiary/aromatic N) is 1. The number of halogens is 1. The number of H-pyrrole nitrogens is 1. The van der Waals surface area contributed by atoms with Crippen LogP contribution in [0.3, 0.4) is 0 Å². The molecular weight excluding hydrogens is 338 g/mol. The molecule has 0 saturated carbocycles. The van der Waals surface area contributed by atoms with Gasteiger partial charge < -0.3 is 10.3 Å². The summed E-state index contributed by atoms with van der Waals surface area (Å²) in [6.45, 7) is 9.13. The Kier molecular flexibility index (Phi) is 5.21. The molecule has 0 spiro atoms. The molecule has 22 heavy (non-hydrogen) atoms. The van der Waals surface area contributed by atoms with Gasteiger partial charge in [-0.3, -0.25) is 4.90 Å². The topological polar surface area (TPSA) is 31.1 Å². The predicted molar refractivity (Wildman–Crippen MR) is 97.3 cm³/mol. The summed E-state index contributed by atoms with van der Waals surface area (Å²) in [5.41, 5.74) is 2.70. The molecule has 0 aliphatic carbocycles. The van der Waals surface area contributed by atoms with E-state index in [1.54, 1.807) is 0 Å². The first-order valence-electron chi connectivity index (χ1n) is 8.36. The number of fused-ring (bicyclic) bond motifs is 1. The molecular formula is C18H26BrN3. The SMILES string of the molecule is CC(C)CC[C@H](c1c[nH]c2ccc(Br)cc12)N1CCNCC1. The highest BCUT2D eigenvalue weighted by Gasteiger charge is 2.24. The fraction of sp³-hybridized carbons (Fsp3) is 0.556. The molecule has 0 amide bonds. The van der Waals surface area contributed by atoms with E-state index in [9.17, 15) is 0 Å². The molecule has 0 radical (unpaired) electrons. The van der Waals surface area contributed by atoms with Crippen LogP contribution in [0.15, 0.2) is 28.9 Å². The molecule has 1 atom stereocenters. The number of hydrogen-bond acceptors (Lipinski definition) is 2. The molecule has 3 nitrogen and oxygen atoms in total. The summed E-state index contributed by atoms with van der Waals surface area (Å²) in [5.74, 6) is 0.752. The first-order chi connectivity index (χ1) is 10.6. The van der Waals surface area contributed by atoms with Crippen molar-refractivity contribution in [1.82, 2.24) is 15.2 Å². The zero-order valence-corrected chi connectivity index (χ0v) is 15.1. The van der Waals surface area contributed by atoms with Gasteiger partial charge in [-0.25, -0.2) is 0 Å². The second-order valence-corrected chi connectivity index (χ2v) is 7.62. The molecule has 0 unspecified atom stereocenters. The van der Waals surface area contributed by atoms with Gasteiger partial charge in [0.15, 0.2) is 0 Å². The van der Waals surface area contributed by atoms with Gasteiger partial charge in [-0.1, -0.05) is 29.8 Å². The standard InChI is InChI=1S/C18H26BrN3/c1-13(2)3-6-18(22-9-7-20-8-10-22)16-12-21-17-5-4-14(19)11-15(16)17/h4-5,11-13,18,20-21H,3,6-10H2,1-2H3/t18-/m1/s1. The van der Waals surface area contributed by atoms with Gasteiger partial charge in [0.25, 0.3) is 0 Å². The van der Waals surface area contributed by atoms with E-state index in [2.05, 4.69) is 69.4 Å². The lowest BCUT2D eigenvalue weighted by atomic mass is 9.95. The normalized spacial score (nSPS) is 18.2. The van der Waals surface area contributed by atoms with Crippen molar-refractivity contribution in [3.63, 3.8) is 0 Å². The monoisotopic (exact) mass is 363 g/mol. The number of rotatable bonds is 5. The third-order valence-electron chi connectivity index (χ3n) is 4.64. The van der Waals surface area contributed by atoms with Crippen molar-refractivity contribution in [2.75, 3.05) is 26.2 Å². The first-order valence-corrected chi connectivity index (χ1v) is 9.15. The summed E-state index contributed by atoms with van der Waals surface area (Å²) in [6.07, 6.45) is 4.73. The lowest BCUT2D eigenvalue weighted by Gasteiger charge is -2.35. The van der Waals surface area contributed by atoms with Gasteiger partial charge in [-0.2, -0.15) is 0 Å². The zero-order valence-electron chi connectivity index (χ0n) is 13.5. The summed E-state index contributed by atoms with van der Waals surface area (Å²) in [7, 11) is 0. The summed E-state index contributed by atoms with van der Waals surface area (Å²) >= 11 is 3.62. The highest BCUT2D eigenvalue weighted by Crippen LogP contribution is 2.34. The number of nitrogens with one attached hydrogen (secondary N) is 2. The molecule has 2 heterocycles. The minimum Gasteiger partial charge on any atom is -0.361 e. The lowest BCUT2D eigenvalue weighted by Crippen LogP contribution is -2.45. The first kappa shape index (κ1) is 16.0. The fourth-order valence-electron chi connectivity index (χ4n) is 3.41. The van der Waals surface area contributed by atoms with Gasteiger partial charge in [0.1, 0.15) is 0 Å². The third-order valence-corrected chi connectivity index (χ3v) is 5.14. The molecule has 1 aromatic carbocycles. The van der Waals surface area contributed by atoms with Crippen molar-refractivity contribution in [3.8, 4) is 0 Å². The Morgan fingerprint density at radius 2 is 1.95 bits per heavy atom. The molecule has 1 fully saturated rings. The quantitative estimate of drug-likeness (QED) is 0.828. The molecule has 0 bridgehead atoms. The molecule has 1 aliphatic rings. The van der Waals surface area contributed by atoms with Crippen LogP contribution in [-0.4, -0.2) is 36.1 Å². The average Bonchev–Trinajstić information content (AvgIpc) is 2.91. The Balaban J connectivity index is 1.93. The van der Waals surface area contributed by atoms with Crippen LogP contribution in [0.4, 0.5) is 0 Å². The van der Waals surface area contributed by atoms with Crippen molar-refractivity contribution < 1.29 is 0 Å². The van der Waals surface area contributed by atoms with E-state index in [4.69, 9.17) is 0 Å². The van der Waals surface area contributed by atoms with E-state index in [-0.39, 0.29) is 0 Å². The molecule has 1 aromatic heterocycles. The van der Waals surface area contributed by atoms with Crippen molar-refractivity contribution in [1.29, 1.82) is 0 Å². The van der Waals surface area contributed by atoms with Gasteiger partial charge in [0.05, 0.1) is 0 Å². The van der Waals surface area contributed by atoms with Crippen LogP contribution < -0.4 is 5.32 Å². The highest BCUT2D eigenvalue weighted by atomic mass is 79.9. The third kappa shape index (κ3) is 3.55. The van der Waals surface area contributed by atoms with Crippen molar-refractivity contribution in [3.05, 3.63) is 34.4 Å². The van der Waals surface area contributed by atoms with E-state index in [0.29, 0.717) is 6.04 Å². The van der Waals surface area contributed by atoms with Gasteiger partial charge in [-0.05, 0) is 42.5 Å². The van der Waals surface area contributed by atoms with Gasteiger partial charge in [0.2, 0.25) is 0 Å². The Morgan fingerprint density at radius 3 is 2.68 bits per heavy atom. The van der Waals surface area contributed by atoms with E-state index >= 15 is 0 Å². The highest BCUT2D eigenvalue weighted by molar-refractivity contribution is 9.10. The second-order valence-electron chi connectivity index (χ2n) is 6.71. The second kappa shape index (κ2) is 7.16. The van der Waals surface area contributed by atoms with E-state index < -0.39 is 0 Å². The summed E-state index contributed by atoms with van der Waals surface area (Å²) in [5, 5.41) is 4.83. The number of hydrogen-bond donors (Lipinski definition) is 2. The lowest BCUT2D eigenvalue weighted by molar-refractivity contribution is 0.161. The Morgan fingerprint density at radius 1 is 1.18 bits per heavy atom. The predicted octanol–water partition coefficient (Wildman–Crippen LogP) is 4.31. The number of aromatic nitrogens is 1. The van der Waals surface area contributed by atoms with Crippen LogP contribution in [0.25, 0.3) is 10.9 Å². The van der Waals surface area contributed by atoms with E-state index in [0.717, 1.165) is 36.6 Å². The van der Waals surface area contributed by atoms with Crippen LogP contribution in [0, 0.1) is 5.92 Å². The molecule has 2 aromatic rings. The van der Waals surface area contributed by atoms with Crippen molar-refractivity contribution in [2.24, 2.45) is 5.92 Å². The minimum atomic E-state index is 0.521. The number of benzene rings is 1. The largest absolute Gasteiger partial charge is 0.361 e. The summed E-state index contributed by atoms with van der Waals surface area (Å²) in [6, 6.07) is 7.05. The van der Waals surface area contributed by atoms with Crippen molar-refractivity contribution >= 4 is 26.8 Å². The van der Waals surface area contributed by atoms with Gasteiger partial charge in [0, 0.05) is 53.8 Å². The zero-order chi connectivity index (χ0) is 15.5. The van der Waals surface area contributed by atoms with E-state index in [1.807, 2.05) is 0 Å². The van der Waals surface area contributed by atoms with Crippen LogP contribution in [0.1, 0.15) is 38.3 Å². The van der Waals surface area contributed by atoms with Gasteiger partial charge in [-0.15, -0.1) is 0 Å². The van der Waals surface area contributed by atoms with E-state index in [1.165, 1.54) is 29.3 Å². The number of piperazine rings is 1. The van der Waals surface area contributed by atoms with Crippen LogP contribution >= 0.6 is 15.9 Å². The van der Waals surface area contributed by atoms with Crippen LogP contribution in [-0.2, 0) is 0 Å². The molecule has 4 heteroatoms. The summed E-state index contributed by atoms with van der Waals surface area (Å²) < 4.78 is 1.16. The maximum Gasteiger partial charge on any atom is 0.0458 e. The molecule has 1 saturated heterocycles. The summed E-state index contributed by atoms with van der Waals surface area (Å²) in [4.78, 5) is 6.11.